The summed E-state index contributed by atoms with van der Waals surface area (Å²) in [6.07, 6.45) is 30.7. The third kappa shape index (κ3) is 4.07. The Morgan fingerprint density at radius 2 is 1.59 bits per heavy atom. The van der Waals surface area contributed by atoms with Crippen LogP contribution in [0.1, 0.15) is 50.0 Å². The second-order valence-corrected chi connectivity index (χ2v) is 15.2. The molecule has 0 radical (unpaired) electrons. The molecule has 0 N–H and O–H groups in total. The molecule has 5 aromatic rings. The molecule has 6 aliphatic rings. The van der Waals surface area contributed by atoms with Gasteiger partial charge in [0.15, 0.2) is 0 Å². The maximum Gasteiger partial charge on any atom is 0.0561 e. The van der Waals surface area contributed by atoms with Crippen LogP contribution in [0.5, 0.6) is 0 Å². The van der Waals surface area contributed by atoms with E-state index < -0.39 is 0 Å². The number of hydrogen-bond acceptors (Lipinski definition) is 2. The minimum absolute atomic E-state index is 0.0720. The highest BCUT2D eigenvalue weighted by atomic mass is 15.3. The van der Waals surface area contributed by atoms with Gasteiger partial charge in [-0.05, 0) is 147 Å². The molecule has 238 valence electrons. The van der Waals surface area contributed by atoms with Gasteiger partial charge < -0.3 is 9.80 Å². The Hall–Kier alpha value is -5.08. The fraction of sp³-hybridized carbons (Fsp3) is 0.234. The lowest BCUT2D eigenvalue weighted by Crippen LogP contribution is -2.38. The molecule has 0 amide bonds. The second-order valence-electron chi connectivity index (χ2n) is 15.2. The van der Waals surface area contributed by atoms with E-state index >= 15 is 0 Å². The van der Waals surface area contributed by atoms with Crippen molar-refractivity contribution in [3.05, 3.63) is 155 Å². The summed E-state index contributed by atoms with van der Waals surface area (Å²) in [5.41, 5.74) is 9.87. The van der Waals surface area contributed by atoms with E-state index in [4.69, 9.17) is 0 Å². The predicted octanol–water partition coefficient (Wildman–Crippen LogP) is 11.1. The van der Waals surface area contributed by atoms with E-state index in [1.165, 1.54) is 85.1 Å². The lowest BCUT2D eigenvalue weighted by atomic mass is 9.86. The third-order valence-corrected chi connectivity index (χ3v) is 12.5. The lowest BCUT2D eigenvalue weighted by molar-refractivity contribution is 0.601. The molecule has 0 heterocycles. The quantitative estimate of drug-likeness (QED) is 0.141. The molecule has 2 nitrogen and oxygen atoms in total. The normalized spacial score (nSPS) is 25.7. The largest absolute Gasteiger partial charge is 0.344 e. The van der Waals surface area contributed by atoms with Crippen molar-refractivity contribution in [2.75, 3.05) is 16.8 Å². The molecule has 11 rings (SSSR count). The molecular weight excluding hydrogens is 593 g/mol. The van der Waals surface area contributed by atoms with Gasteiger partial charge in [0, 0.05) is 35.7 Å². The SMILES string of the molecule is CN(c1ccc(N(C2=CC=CCC=C2)C23CC4=C(C=CC2C3)CCC=C4)cc1)c1ccc2c3c1C1CC1C=c3c1cccc3cccc2c31. The van der Waals surface area contributed by atoms with Crippen LogP contribution in [0, 0.1) is 11.8 Å². The number of nitrogens with zero attached hydrogens (tertiary/aromatic N) is 2. The molecule has 4 unspecified atom stereocenters. The van der Waals surface area contributed by atoms with Crippen LogP contribution in [0.15, 0.2) is 144 Å². The highest BCUT2D eigenvalue weighted by Gasteiger charge is 2.58. The lowest BCUT2D eigenvalue weighted by Gasteiger charge is -2.37. The first-order chi connectivity index (χ1) is 24.2. The molecule has 49 heavy (non-hydrogen) atoms. The summed E-state index contributed by atoms with van der Waals surface area (Å²) in [7, 11) is 2.27. The van der Waals surface area contributed by atoms with Gasteiger partial charge in [-0.1, -0.05) is 91.1 Å². The van der Waals surface area contributed by atoms with Gasteiger partial charge >= 0.3 is 0 Å². The van der Waals surface area contributed by atoms with E-state index in [0.717, 1.165) is 19.3 Å². The van der Waals surface area contributed by atoms with Gasteiger partial charge in [0.25, 0.3) is 0 Å². The van der Waals surface area contributed by atoms with Crippen LogP contribution in [0.25, 0.3) is 38.4 Å². The first kappa shape index (κ1) is 27.8. The summed E-state index contributed by atoms with van der Waals surface area (Å²) in [6, 6.07) is 27.9. The van der Waals surface area contributed by atoms with Gasteiger partial charge in [-0.15, -0.1) is 0 Å². The first-order valence-electron chi connectivity index (χ1n) is 18.3. The highest BCUT2D eigenvalue weighted by molar-refractivity contribution is 6.23. The zero-order chi connectivity index (χ0) is 32.3. The van der Waals surface area contributed by atoms with Gasteiger partial charge in [-0.25, -0.2) is 0 Å². The zero-order valence-electron chi connectivity index (χ0n) is 28.1. The molecule has 2 fully saturated rings. The Bertz CT molecular complexity index is 2480. The summed E-state index contributed by atoms with van der Waals surface area (Å²) in [5.74, 6) is 1.81. The molecule has 4 atom stereocenters. The molecule has 6 aliphatic carbocycles. The number of fused-ring (bicyclic) bond motifs is 5. The molecule has 5 aromatic carbocycles. The summed E-state index contributed by atoms with van der Waals surface area (Å²) >= 11 is 0. The van der Waals surface area contributed by atoms with Crippen LogP contribution in [0.3, 0.4) is 0 Å². The van der Waals surface area contributed by atoms with Crippen LogP contribution in [-0.4, -0.2) is 12.6 Å². The summed E-state index contributed by atoms with van der Waals surface area (Å²) < 4.78 is 0. The fourth-order valence-electron chi connectivity index (χ4n) is 9.94. The average Bonchev–Trinajstić information content (AvgIpc) is 4.06. The molecule has 0 aliphatic heterocycles. The monoisotopic (exact) mass is 632 g/mol. The van der Waals surface area contributed by atoms with Crippen LogP contribution in [0.4, 0.5) is 17.1 Å². The number of hydrogen-bond donors (Lipinski definition) is 0. The second kappa shape index (κ2) is 10.2. The van der Waals surface area contributed by atoms with E-state index in [0.29, 0.717) is 17.8 Å². The molecular formula is C47H40N2. The van der Waals surface area contributed by atoms with E-state index in [1.54, 1.807) is 11.1 Å². The van der Waals surface area contributed by atoms with Gasteiger partial charge in [-0.2, -0.15) is 0 Å². The number of rotatable bonds is 5. The van der Waals surface area contributed by atoms with Crippen molar-refractivity contribution in [3.63, 3.8) is 0 Å². The molecule has 2 saturated carbocycles. The van der Waals surface area contributed by atoms with Crippen LogP contribution in [0.2, 0.25) is 0 Å². The Balaban J connectivity index is 1.01. The van der Waals surface area contributed by atoms with Crippen molar-refractivity contribution in [3.8, 4) is 0 Å². The molecule has 0 spiro atoms. The van der Waals surface area contributed by atoms with Crippen LogP contribution >= 0.6 is 0 Å². The molecule has 0 bridgehead atoms. The van der Waals surface area contributed by atoms with Crippen molar-refractivity contribution in [1.82, 2.24) is 0 Å². The zero-order valence-corrected chi connectivity index (χ0v) is 28.1. The van der Waals surface area contributed by atoms with E-state index in [-0.39, 0.29) is 5.54 Å². The minimum atomic E-state index is 0.0720. The van der Waals surface area contributed by atoms with Crippen molar-refractivity contribution in [1.29, 1.82) is 0 Å². The van der Waals surface area contributed by atoms with Gasteiger partial charge in [0.05, 0.1) is 5.54 Å². The van der Waals surface area contributed by atoms with Crippen molar-refractivity contribution in [2.24, 2.45) is 11.8 Å². The third-order valence-electron chi connectivity index (χ3n) is 12.5. The van der Waals surface area contributed by atoms with Crippen LogP contribution in [-0.2, 0) is 0 Å². The van der Waals surface area contributed by atoms with Crippen molar-refractivity contribution >= 4 is 55.5 Å². The number of benzene rings is 5. The highest BCUT2D eigenvalue weighted by Crippen LogP contribution is 2.59. The van der Waals surface area contributed by atoms with E-state index in [1.807, 2.05) is 0 Å². The molecule has 0 aromatic heterocycles. The first-order valence-corrected chi connectivity index (χ1v) is 18.3. The van der Waals surface area contributed by atoms with Gasteiger partial charge in [-0.3, -0.25) is 0 Å². The van der Waals surface area contributed by atoms with Crippen LogP contribution < -0.4 is 15.0 Å². The Labute approximate surface area is 288 Å². The summed E-state index contributed by atoms with van der Waals surface area (Å²) in [4.78, 5) is 5.14. The topological polar surface area (TPSA) is 6.48 Å². The van der Waals surface area contributed by atoms with E-state index in [2.05, 4.69) is 150 Å². The Kier molecular flexibility index (Phi) is 5.80. The predicted molar refractivity (Wildman–Crippen MR) is 207 cm³/mol. The maximum atomic E-state index is 2.68. The minimum Gasteiger partial charge on any atom is -0.344 e. The summed E-state index contributed by atoms with van der Waals surface area (Å²) in [6.45, 7) is 0. The fourth-order valence-corrected chi connectivity index (χ4v) is 9.94. The molecule has 0 saturated heterocycles. The molecule has 2 heteroatoms. The van der Waals surface area contributed by atoms with Crippen molar-refractivity contribution in [2.45, 2.75) is 50.0 Å². The number of anilines is 3. The number of allylic oxidation sites excluding steroid dienone is 9. The van der Waals surface area contributed by atoms with Gasteiger partial charge in [0.2, 0.25) is 0 Å². The Morgan fingerprint density at radius 1 is 0.755 bits per heavy atom. The summed E-state index contributed by atoms with van der Waals surface area (Å²) in [5, 5.41) is 9.88. The Morgan fingerprint density at radius 3 is 2.49 bits per heavy atom. The van der Waals surface area contributed by atoms with Gasteiger partial charge in [0.1, 0.15) is 0 Å². The maximum absolute atomic E-state index is 2.68. The average molecular weight is 633 g/mol. The van der Waals surface area contributed by atoms with E-state index in [9.17, 15) is 0 Å². The van der Waals surface area contributed by atoms with Crippen molar-refractivity contribution < 1.29 is 0 Å². The smallest absolute Gasteiger partial charge is 0.0561 e. The standard InChI is InChI=1S/C47H40N2/c1-48(43-25-24-40-38-16-8-12-31-13-9-17-39(44(31)38)42-27-33-26-41(33)46(43)45(40)42)35-20-22-37(23-21-35)49(36-14-4-2-3-5-15-36)47-28-32-11-7-6-10-30(32)18-19-34(47)29-47/h2,4-5,7-9,11-25,27,33-34,41H,3,6,10,26,28-29H2,1H3.